The van der Waals surface area contributed by atoms with E-state index in [0.29, 0.717) is 18.0 Å². The Kier molecular flexibility index (Phi) is 5.72. The van der Waals surface area contributed by atoms with Gasteiger partial charge in [-0.2, -0.15) is 0 Å². The number of hydrogen-bond acceptors (Lipinski definition) is 2. The molecular formula is C17H24FNO. The van der Waals surface area contributed by atoms with Crippen LogP contribution < -0.4 is 0 Å². The topological polar surface area (TPSA) is 20.3 Å². The smallest absolute Gasteiger partial charge is 0.164 e. The van der Waals surface area contributed by atoms with Crippen LogP contribution in [0.25, 0.3) is 0 Å². The largest absolute Gasteiger partial charge is 0.300 e. The van der Waals surface area contributed by atoms with Crippen LogP contribution in [0.2, 0.25) is 0 Å². The second kappa shape index (κ2) is 7.53. The number of nitrogens with zero attached hydrogens (tertiary/aromatic N) is 1. The summed E-state index contributed by atoms with van der Waals surface area (Å²) in [5.74, 6) is -0.289. The molecule has 1 fully saturated rings. The van der Waals surface area contributed by atoms with Gasteiger partial charge < -0.3 is 0 Å². The summed E-state index contributed by atoms with van der Waals surface area (Å²) < 4.78 is 13.1. The first-order valence-electron chi connectivity index (χ1n) is 7.73. The summed E-state index contributed by atoms with van der Waals surface area (Å²) in [5, 5.41) is 0. The van der Waals surface area contributed by atoms with Crippen molar-refractivity contribution in [3.63, 3.8) is 0 Å². The monoisotopic (exact) mass is 277 g/mol. The second-order valence-corrected chi connectivity index (χ2v) is 5.66. The number of rotatable bonds is 6. The first-order valence-corrected chi connectivity index (χ1v) is 7.73. The molecule has 20 heavy (non-hydrogen) atoms. The van der Waals surface area contributed by atoms with E-state index in [1.54, 1.807) is 12.1 Å². The van der Waals surface area contributed by atoms with Gasteiger partial charge in [0.2, 0.25) is 0 Å². The second-order valence-electron chi connectivity index (χ2n) is 5.66. The maximum absolute atomic E-state index is 13.1. The molecule has 1 heterocycles. The number of benzene rings is 1. The number of piperidine rings is 1. The van der Waals surface area contributed by atoms with Crippen LogP contribution in [0.1, 0.15) is 55.8 Å². The van der Waals surface area contributed by atoms with Crippen LogP contribution in [0.4, 0.5) is 4.39 Å². The Morgan fingerprint density at radius 1 is 1.40 bits per heavy atom. The van der Waals surface area contributed by atoms with Crippen LogP contribution in [0, 0.1) is 5.82 Å². The van der Waals surface area contributed by atoms with Gasteiger partial charge in [0.1, 0.15) is 5.82 Å². The fourth-order valence-electron chi connectivity index (χ4n) is 3.07. The molecule has 1 saturated heterocycles. The fourth-order valence-corrected chi connectivity index (χ4v) is 3.07. The molecule has 0 saturated carbocycles. The van der Waals surface area contributed by atoms with E-state index in [2.05, 4.69) is 11.8 Å². The first kappa shape index (κ1) is 15.2. The van der Waals surface area contributed by atoms with Crippen LogP contribution in [-0.2, 0) is 0 Å². The fraction of sp³-hybridized carbons (Fsp3) is 0.588. The van der Waals surface area contributed by atoms with Crippen molar-refractivity contribution in [2.45, 2.75) is 51.5 Å². The summed E-state index contributed by atoms with van der Waals surface area (Å²) >= 11 is 0. The van der Waals surface area contributed by atoms with Crippen molar-refractivity contribution >= 4 is 5.78 Å². The van der Waals surface area contributed by atoms with E-state index in [4.69, 9.17) is 0 Å². The minimum absolute atomic E-state index is 0.0466. The van der Waals surface area contributed by atoms with Crippen molar-refractivity contribution in [1.29, 1.82) is 0 Å². The Morgan fingerprint density at radius 2 is 2.25 bits per heavy atom. The zero-order valence-electron chi connectivity index (χ0n) is 12.3. The van der Waals surface area contributed by atoms with Gasteiger partial charge in [-0.05, 0) is 37.9 Å². The Morgan fingerprint density at radius 3 is 3.00 bits per heavy atom. The van der Waals surface area contributed by atoms with Gasteiger partial charge in [0.15, 0.2) is 5.78 Å². The zero-order valence-corrected chi connectivity index (χ0v) is 12.3. The van der Waals surface area contributed by atoms with Crippen molar-refractivity contribution in [1.82, 2.24) is 4.90 Å². The van der Waals surface area contributed by atoms with Crippen LogP contribution >= 0.6 is 0 Å². The van der Waals surface area contributed by atoms with Crippen LogP contribution in [0.3, 0.4) is 0 Å². The molecule has 0 aliphatic carbocycles. The number of carbonyl (C=O) groups is 1. The van der Waals surface area contributed by atoms with E-state index < -0.39 is 0 Å². The summed E-state index contributed by atoms with van der Waals surface area (Å²) in [7, 11) is 0. The quantitative estimate of drug-likeness (QED) is 0.731. The first-order chi connectivity index (χ1) is 9.70. The molecule has 1 aliphatic rings. The highest BCUT2D eigenvalue weighted by Gasteiger charge is 2.22. The summed E-state index contributed by atoms with van der Waals surface area (Å²) in [6, 6.07) is 6.64. The van der Waals surface area contributed by atoms with Crippen molar-refractivity contribution in [3.05, 3.63) is 35.6 Å². The van der Waals surface area contributed by atoms with Crippen molar-refractivity contribution < 1.29 is 9.18 Å². The number of hydrogen-bond donors (Lipinski definition) is 0. The lowest BCUT2D eigenvalue weighted by Gasteiger charge is -2.35. The highest BCUT2D eigenvalue weighted by atomic mass is 19.1. The minimum atomic E-state index is -0.335. The molecule has 1 unspecified atom stereocenters. The third-order valence-corrected chi connectivity index (χ3v) is 4.14. The van der Waals surface area contributed by atoms with E-state index in [9.17, 15) is 9.18 Å². The van der Waals surface area contributed by atoms with E-state index in [0.717, 1.165) is 13.1 Å². The summed E-state index contributed by atoms with van der Waals surface area (Å²) in [6.45, 7) is 4.12. The normalized spacial score (nSPS) is 20.0. The molecule has 1 aromatic carbocycles. The Hall–Kier alpha value is -1.22. The Balaban J connectivity index is 1.88. The molecule has 0 spiro atoms. The Labute approximate surface area is 121 Å². The Bertz CT molecular complexity index is 444. The molecule has 1 aliphatic heterocycles. The molecule has 2 nitrogen and oxygen atoms in total. The van der Waals surface area contributed by atoms with E-state index in [1.807, 2.05) is 0 Å². The standard InChI is InChI=1S/C17H24FNO/c1-2-6-16-9-3-4-11-19(16)12-10-17(20)14-7-5-8-15(18)13-14/h5,7-8,13,16H,2-4,6,9-12H2,1H3. The lowest BCUT2D eigenvalue weighted by atomic mass is 9.97. The maximum atomic E-state index is 13.1. The van der Waals surface area contributed by atoms with Crippen LogP contribution in [0.15, 0.2) is 24.3 Å². The van der Waals surface area contributed by atoms with Crippen molar-refractivity contribution in [2.24, 2.45) is 0 Å². The minimum Gasteiger partial charge on any atom is -0.300 e. The lowest BCUT2D eigenvalue weighted by molar-refractivity contribution is 0.0918. The number of ketones is 1. The molecule has 0 amide bonds. The highest BCUT2D eigenvalue weighted by Crippen LogP contribution is 2.21. The molecule has 110 valence electrons. The molecule has 1 aromatic rings. The number of Topliss-reactive ketones (excluding diaryl/α,β-unsaturated/α-hetero) is 1. The molecule has 1 atom stereocenters. The predicted octanol–water partition coefficient (Wildman–Crippen LogP) is 4.05. The van der Waals surface area contributed by atoms with Gasteiger partial charge >= 0.3 is 0 Å². The van der Waals surface area contributed by atoms with Crippen LogP contribution in [-0.4, -0.2) is 29.8 Å². The van der Waals surface area contributed by atoms with Gasteiger partial charge in [0.25, 0.3) is 0 Å². The maximum Gasteiger partial charge on any atom is 0.164 e. The van der Waals surface area contributed by atoms with Crippen LogP contribution in [0.5, 0.6) is 0 Å². The predicted molar refractivity (Wildman–Crippen MR) is 79.5 cm³/mol. The van der Waals surface area contributed by atoms with Gasteiger partial charge in [-0.1, -0.05) is 31.9 Å². The van der Waals surface area contributed by atoms with Gasteiger partial charge in [0, 0.05) is 24.6 Å². The van der Waals surface area contributed by atoms with E-state index >= 15 is 0 Å². The SMILES string of the molecule is CCCC1CCCCN1CCC(=O)c1cccc(F)c1. The molecule has 3 heteroatoms. The summed E-state index contributed by atoms with van der Waals surface area (Å²) in [5.41, 5.74) is 0.494. The molecule has 0 aromatic heterocycles. The van der Waals surface area contributed by atoms with Gasteiger partial charge in [-0.15, -0.1) is 0 Å². The number of carbonyl (C=O) groups excluding carboxylic acids is 1. The average molecular weight is 277 g/mol. The number of halogens is 1. The average Bonchev–Trinajstić information content (AvgIpc) is 2.46. The molecule has 0 N–H and O–H groups in total. The molecule has 0 bridgehead atoms. The zero-order chi connectivity index (χ0) is 14.4. The number of likely N-dealkylation sites (tertiary alicyclic amines) is 1. The summed E-state index contributed by atoms with van der Waals surface area (Å²) in [6.07, 6.45) is 6.69. The van der Waals surface area contributed by atoms with Gasteiger partial charge in [-0.25, -0.2) is 4.39 Å². The third-order valence-electron chi connectivity index (χ3n) is 4.14. The van der Waals surface area contributed by atoms with Gasteiger partial charge in [0.05, 0.1) is 0 Å². The van der Waals surface area contributed by atoms with E-state index in [1.165, 1.54) is 44.2 Å². The third kappa shape index (κ3) is 4.14. The lowest BCUT2D eigenvalue weighted by Crippen LogP contribution is -2.40. The van der Waals surface area contributed by atoms with Gasteiger partial charge in [-0.3, -0.25) is 9.69 Å². The van der Waals surface area contributed by atoms with Crippen molar-refractivity contribution in [2.75, 3.05) is 13.1 Å². The van der Waals surface area contributed by atoms with E-state index in [-0.39, 0.29) is 11.6 Å². The molecular weight excluding hydrogens is 253 g/mol. The molecule has 2 rings (SSSR count). The summed E-state index contributed by atoms with van der Waals surface area (Å²) in [4.78, 5) is 14.6. The highest BCUT2D eigenvalue weighted by molar-refractivity contribution is 5.96. The molecule has 0 radical (unpaired) electrons. The van der Waals surface area contributed by atoms with Crippen molar-refractivity contribution in [3.8, 4) is 0 Å².